The Kier molecular flexibility index (Phi) is 3.16. The summed E-state index contributed by atoms with van der Waals surface area (Å²) in [4.78, 5) is 3.67. The van der Waals surface area contributed by atoms with Crippen molar-refractivity contribution >= 4 is 28.1 Å². The molecule has 0 amide bonds. The maximum absolute atomic E-state index is 5.70. The van der Waals surface area contributed by atoms with E-state index in [4.69, 9.17) is 22.7 Å². The first kappa shape index (κ1) is 12.7. The number of H-pyrrole nitrogens is 1. The molecule has 3 rings (SSSR count). The molecule has 0 aliphatic rings. The Morgan fingerprint density at radius 1 is 1.20 bits per heavy atom. The number of fused-ring (bicyclic) bond motifs is 1. The molecule has 0 spiro atoms. The normalized spacial score (nSPS) is 10.7. The third kappa shape index (κ3) is 2.04. The van der Waals surface area contributed by atoms with Crippen LogP contribution in [-0.2, 0) is 0 Å². The molecule has 0 aliphatic heterocycles. The van der Waals surface area contributed by atoms with Crippen molar-refractivity contribution in [3.63, 3.8) is 0 Å². The number of rotatable bonds is 3. The van der Waals surface area contributed by atoms with E-state index in [1.54, 1.807) is 7.11 Å². The molecule has 0 bridgehead atoms. The molecular weight excluding hydrogens is 268 g/mol. The van der Waals surface area contributed by atoms with Crippen LogP contribution in [0.25, 0.3) is 22.0 Å². The maximum Gasteiger partial charge on any atom is 0.128 e. The highest BCUT2D eigenvalue weighted by atomic mass is 32.1. The Hall–Kier alpha value is -2.33. The summed E-state index contributed by atoms with van der Waals surface area (Å²) >= 11 is 5.04. The van der Waals surface area contributed by atoms with Crippen molar-refractivity contribution in [3.8, 4) is 16.9 Å². The molecule has 3 nitrogen and oxygen atoms in total. The highest BCUT2D eigenvalue weighted by Gasteiger charge is 2.11. The maximum atomic E-state index is 5.70. The third-order valence-electron chi connectivity index (χ3n) is 3.35. The molecule has 0 fully saturated rings. The molecule has 1 aromatic heterocycles. The molecular formula is C16H14N2OS. The lowest BCUT2D eigenvalue weighted by Gasteiger charge is -2.06. The number of nitrogens with one attached hydrogen (secondary N) is 1. The van der Waals surface area contributed by atoms with Crippen molar-refractivity contribution in [1.29, 1.82) is 0 Å². The van der Waals surface area contributed by atoms with Gasteiger partial charge in [0, 0.05) is 28.2 Å². The number of aromatic nitrogens is 1. The van der Waals surface area contributed by atoms with Gasteiger partial charge in [0.15, 0.2) is 0 Å². The van der Waals surface area contributed by atoms with Gasteiger partial charge in [-0.15, -0.1) is 0 Å². The minimum atomic E-state index is 0.402. The van der Waals surface area contributed by atoms with E-state index in [0.29, 0.717) is 4.99 Å². The van der Waals surface area contributed by atoms with Gasteiger partial charge in [0.1, 0.15) is 10.7 Å². The van der Waals surface area contributed by atoms with E-state index in [-0.39, 0.29) is 0 Å². The lowest BCUT2D eigenvalue weighted by Crippen LogP contribution is -2.08. The van der Waals surface area contributed by atoms with Crippen molar-refractivity contribution in [3.05, 3.63) is 54.2 Å². The average molecular weight is 282 g/mol. The van der Waals surface area contributed by atoms with E-state index < -0.39 is 0 Å². The van der Waals surface area contributed by atoms with Crippen LogP contribution < -0.4 is 10.5 Å². The SMILES string of the molecule is COc1cccc2[nH]cc(-c3cccc(C(N)=S)c3)c12. The molecule has 20 heavy (non-hydrogen) atoms. The van der Waals surface area contributed by atoms with Crippen LogP contribution in [0.15, 0.2) is 48.7 Å². The topological polar surface area (TPSA) is 51.0 Å². The molecule has 0 aliphatic carbocycles. The first-order valence-electron chi connectivity index (χ1n) is 6.25. The van der Waals surface area contributed by atoms with Crippen molar-refractivity contribution in [2.75, 3.05) is 7.11 Å². The predicted molar refractivity (Wildman–Crippen MR) is 86.2 cm³/mol. The smallest absolute Gasteiger partial charge is 0.128 e. The van der Waals surface area contributed by atoms with Crippen LogP contribution in [-0.4, -0.2) is 17.1 Å². The second kappa shape index (κ2) is 4.98. The fourth-order valence-corrected chi connectivity index (χ4v) is 2.52. The molecule has 3 N–H and O–H groups in total. The summed E-state index contributed by atoms with van der Waals surface area (Å²) in [5, 5.41) is 1.06. The Morgan fingerprint density at radius 3 is 2.75 bits per heavy atom. The van der Waals surface area contributed by atoms with E-state index in [0.717, 1.165) is 33.3 Å². The zero-order valence-electron chi connectivity index (χ0n) is 11.0. The predicted octanol–water partition coefficient (Wildman–Crippen LogP) is 3.48. The Bertz CT molecular complexity index is 792. The second-order valence-corrected chi connectivity index (χ2v) is 4.97. The highest BCUT2D eigenvalue weighted by molar-refractivity contribution is 7.80. The monoisotopic (exact) mass is 282 g/mol. The summed E-state index contributed by atoms with van der Waals surface area (Å²) in [6.45, 7) is 0. The quantitative estimate of drug-likeness (QED) is 0.723. The molecule has 4 heteroatoms. The van der Waals surface area contributed by atoms with Crippen molar-refractivity contribution in [2.45, 2.75) is 0 Å². The molecule has 0 radical (unpaired) electrons. The second-order valence-electron chi connectivity index (χ2n) is 4.53. The van der Waals surface area contributed by atoms with Crippen LogP contribution in [0.1, 0.15) is 5.56 Å². The molecule has 0 atom stereocenters. The number of thiocarbonyl (C=S) groups is 1. The number of hydrogen-bond acceptors (Lipinski definition) is 2. The number of benzene rings is 2. The van der Waals surface area contributed by atoms with Gasteiger partial charge in [-0.3, -0.25) is 0 Å². The minimum absolute atomic E-state index is 0.402. The molecule has 3 aromatic rings. The van der Waals surface area contributed by atoms with Crippen LogP contribution in [0.3, 0.4) is 0 Å². The molecule has 0 unspecified atom stereocenters. The van der Waals surface area contributed by atoms with Crippen molar-refractivity contribution < 1.29 is 4.74 Å². The Morgan fingerprint density at radius 2 is 2.00 bits per heavy atom. The number of hydrogen-bond donors (Lipinski definition) is 2. The fourth-order valence-electron chi connectivity index (χ4n) is 2.39. The lowest BCUT2D eigenvalue weighted by molar-refractivity contribution is 0.420. The minimum Gasteiger partial charge on any atom is -0.496 e. The van der Waals surface area contributed by atoms with Gasteiger partial charge >= 0.3 is 0 Å². The summed E-state index contributed by atoms with van der Waals surface area (Å²) in [7, 11) is 1.68. The first-order valence-corrected chi connectivity index (χ1v) is 6.66. The van der Waals surface area contributed by atoms with Crippen molar-refractivity contribution in [2.24, 2.45) is 5.73 Å². The zero-order valence-corrected chi connectivity index (χ0v) is 11.8. The largest absolute Gasteiger partial charge is 0.496 e. The van der Waals surface area contributed by atoms with E-state index in [2.05, 4.69) is 4.98 Å². The van der Waals surface area contributed by atoms with Gasteiger partial charge in [0.05, 0.1) is 7.11 Å². The Balaban J connectivity index is 2.24. The van der Waals surface area contributed by atoms with Gasteiger partial charge in [-0.1, -0.05) is 36.5 Å². The first-order chi connectivity index (χ1) is 9.70. The Labute approximate surface area is 122 Å². The van der Waals surface area contributed by atoms with Crippen molar-refractivity contribution in [1.82, 2.24) is 4.98 Å². The molecule has 0 saturated heterocycles. The van der Waals surface area contributed by atoms with Gasteiger partial charge in [0.2, 0.25) is 0 Å². The lowest BCUT2D eigenvalue weighted by atomic mass is 10.0. The summed E-state index contributed by atoms with van der Waals surface area (Å²) in [6.07, 6.45) is 1.98. The van der Waals surface area contributed by atoms with Crippen LogP contribution in [0.2, 0.25) is 0 Å². The summed E-state index contributed by atoms with van der Waals surface area (Å²) in [5.41, 5.74) is 9.75. The molecule has 0 saturated carbocycles. The van der Waals surface area contributed by atoms with E-state index in [1.165, 1.54) is 0 Å². The molecule has 2 aromatic carbocycles. The molecule has 1 heterocycles. The average Bonchev–Trinajstić information content (AvgIpc) is 2.91. The van der Waals surface area contributed by atoms with Gasteiger partial charge in [0.25, 0.3) is 0 Å². The fraction of sp³-hybridized carbons (Fsp3) is 0.0625. The number of nitrogens with two attached hydrogens (primary N) is 1. The standard InChI is InChI=1S/C16H14N2OS/c1-19-14-7-3-6-13-15(14)12(9-18-13)10-4-2-5-11(8-10)16(17)20/h2-9,18H,1H3,(H2,17,20). The third-order valence-corrected chi connectivity index (χ3v) is 3.58. The molecule has 100 valence electrons. The van der Waals surface area contributed by atoms with E-state index >= 15 is 0 Å². The zero-order chi connectivity index (χ0) is 14.1. The van der Waals surface area contributed by atoms with Crippen LogP contribution in [0.4, 0.5) is 0 Å². The number of methoxy groups -OCH3 is 1. The van der Waals surface area contributed by atoms with Gasteiger partial charge in [-0.2, -0.15) is 0 Å². The van der Waals surface area contributed by atoms with Gasteiger partial charge in [-0.25, -0.2) is 0 Å². The van der Waals surface area contributed by atoms with E-state index in [9.17, 15) is 0 Å². The highest BCUT2D eigenvalue weighted by Crippen LogP contribution is 2.35. The number of ether oxygens (including phenoxy) is 1. The van der Waals surface area contributed by atoms with E-state index in [1.807, 2.05) is 48.7 Å². The van der Waals surface area contributed by atoms with Crippen LogP contribution in [0.5, 0.6) is 5.75 Å². The summed E-state index contributed by atoms with van der Waals surface area (Å²) < 4.78 is 5.46. The summed E-state index contributed by atoms with van der Waals surface area (Å²) in [6, 6.07) is 13.9. The summed E-state index contributed by atoms with van der Waals surface area (Å²) in [5.74, 6) is 0.847. The number of aromatic amines is 1. The van der Waals surface area contributed by atoms with Gasteiger partial charge in [-0.05, 0) is 23.8 Å². The van der Waals surface area contributed by atoms with Crippen LogP contribution >= 0.6 is 12.2 Å². The van der Waals surface area contributed by atoms with Crippen LogP contribution in [0, 0.1) is 0 Å². The van der Waals surface area contributed by atoms with Gasteiger partial charge < -0.3 is 15.5 Å².